The number of carboxylic acids is 1. The highest BCUT2D eigenvalue weighted by Crippen LogP contribution is 2.40. The van der Waals surface area contributed by atoms with Crippen molar-refractivity contribution < 1.29 is 9.90 Å². The molecule has 2 aliphatic rings. The highest BCUT2D eigenvalue weighted by molar-refractivity contribution is 5.73. The van der Waals surface area contributed by atoms with E-state index in [9.17, 15) is 9.90 Å². The first-order chi connectivity index (χ1) is 13.4. The molecular weight excluding hydrogens is 348 g/mol. The highest BCUT2D eigenvalue weighted by Gasteiger charge is 2.40. The van der Waals surface area contributed by atoms with Gasteiger partial charge in [-0.1, -0.05) is 48.9 Å². The maximum absolute atomic E-state index is 11.2. The van der Waals surface area contributed by atoms with E-state index in [-0.39, 0.29) is 0 Å². The summed E-state index contributed by atoms with van der Waals surface area (Å²) in [5, 5.41) is 16.6. The summed E-state index contributed by atoms with van der Waals surface area (Å²) in [7, 11) is 0. The number of aliphatic carboxylic acids is 1. The molecule has 1 aromatic rings. The molecule has 2 fully saturated rings. The Labute approximate surface area is 169 Å². The molecule has 2 saturated carbocycles. The Balaban J connectivity index is 1.41. The van der Waals surface area contributed by atoms with Gasteiger partial charge in [0.2, 0.25) is 0 Å². The Morgan fingerprint density at radius 1 is 1.14 bits per heavy atom. The molecule has 3 rings (SSSR count). The second-order valence-corrected chi connectivity index (χ2v) is 9.22. The van der Waals surface area contributed by atoms with Crippen LogP contribution in [0.5, 0.6) is 0 Å². The zero-order valence-electron chi connectivity index (χ0n) is 17.6. The van der Waals surface area contributed by atoms with Crippen molar-refractivity contribution in [3.05, 3.63) is 41.5 Å². The van der Waals surface area contributed by atoms with Crippen molar-refractivity contribution in [2.45, 2.75) is 77.4 Å². The Bertz CT molecular complexity index is 675. The molecule has 0 radical (unpaired) electrons. The van der Waals surface area contributed by atoms with Crippen molar-refractivity contribution in [1.82, 2.24) is 10.6 Å². The van der Waals surface area contributed by atoms with Crippen molar-refractivity contribution in [2.75, 3.05) is 6.54 Å². The molecule has 0 saturated heterocycles. The van der Waals surface area contributed by atoms with Crippen molar-refractivity contribution >= 4 is 12.0 Å². The van der Waals surface area contributed by atoms with Crippen LogP contribution in [-0.2, 0) is 4.79 Å². The van der Waals surface area contributed by atoms with E-state index in [4.69, 9.17) is 0 Å². The molecule has 154 valence electrons. The van der Waals surface area contributed by atoms with Crippen LogP contribution in [0.25, 0.3) is 6.08 Å². The minimum atomic E-state index is -0.731. The van der Waals surface area contributed by atoms with Gasteiger partial charge < -0.3 is 15.7 Å². The quantitative estimate of drug-likeness (QED) is 0.588. The molecule has 0 spiro atoms. The lowest BCUT2D eigenvalue weighted by molar-refractivity contribution is -0.146. The third-order valence-corrected chi connectivity index (χ3v) is 6.42. The van der Waals surface area contributed by atoms with Crippen LogP contribution in [0.1, 0.15) is 64.9 Å². The van der Waals surface area contributed by atoms with Gasteiger partial charge in [-0.3, -0.25) is 4.79 Å². The predicted molar refractivity (Wildman–Crippen MR) is 115 cm³/mol. The van der Waals surface area contributed by atoms with Crippen LogP contribution in [0.15, 0.2) is 35.9 Å². The maximum atomic E-state index is 11.2. The molecule has 4 nitrogen and oxygen atoms in total. The van der Waals surface area contributed by atoms with Gasteiger partial charge in [0.1, 0.15) is 0 Å². The first-order valence-corrected chi connectivity index (χ1v) is 10.9. The maximum Gasteiger partial charge on any atom is 0.310 e. The van der Waals surface area contributed by atoms with Gasteiger partial charge in [-0.15, -0.1) is 0 Å². The Hall–Kier alpha value is -1.65. The largest absolute Gasteiger partial charge is 0.481 e. The summed E-state index contributed by atoms with van der Waals surface area (Å²) in [4.78, 5) is 11.2. The van der Waals surface area contributed by atoms with Gasteiger partial charge in [-0.25, -0.2) is 0 Å². The Morgan fingerprint density at radius 3 is 2.39 bits per heavy atom. The number of carboxylic acid groups (broad SMARTS) is 1. The zero-order chi connectivity index (χ0) is 20.1. The van der Waals surface area contributed by atoms with Crippen LogP contribution in [0.2, 0.25) is 0 Å². The summed E-state index contributed by atoms with van der Waals surface area (Å²) in [6.45, 7) is 6.38. The smallest absolute Gasteiger partial charge is 0.310 e. The summed E-state index contributed by atoms with van der Waals surface area (Å²) in [6, 6.07) is 12.3. The molecule has 0 aromatic heterocycles. The molecule has 2 aliphatic carbocycles. The lowest BCUT2D eigenvalue weighted by Gasteiger charge is -2.32. The number of hydrogen-bond donors (Lipinski definition) is 3. The van der Waals surface area contributed by atoms with E-state index in [0.29, 0.717) is 30.6 Å². The average molecular weight is 385 g/mol. The number of hydrogen-bond acceptors (Lipinski definition) is 3. The van der Waals surface area contributed by atoms with Gasteiger partial charge in [-0.2, -0.15) is 0 Å². The van der Waals surface area contributed by atoms with Crippen molar-refractivity contribution in [1.29, 1.82) is 0 Å². The normalized spacial score (nSPS) is 28.2. The van der Waals surface area contributed by atoms with Gasteiger partial charge in [0.05, 0.1) is 5.41 Å². The monoisotopic (exact) mass is 384 g/mol. The Morgan fingerprint density at radius 2 is 1.79 bits per heavy atom. The first-order valence-electron chi connectivity index (χ1n) is 10.9. The summed E-state index contributed by atoms with van der Waals surface area (Å²) in [6.07, 6.45) is 9.37. The van der Waals surface area contributed by atoms with Crippen molar-refractivity contribution in [2.24, 2.45) is 11.3 Å². The van der Waals surface area contributed by atoms with Crippen LogP contribution >= 0.6 is 0 Å². The fraction of sp³-hybridized carbons (Fsp3) is 0.625. The van der Waals surface area contributed by atoms with E-state index in [1.807, 2.05) is 0 Å². The minimum Gasteiger partial charge on any atom is -0.481 e. The fourth-order valence-electron chi connectivity index (χ4n) is 4.27. The molecule has 0 amide bonds. The SMILES string of the molecule is CCC(=Cc1ccccc1)C1CC1NC1CCC(NCC(C)(C)C(=O)O)CC1. The number of benzene rings is 1. The van der Waals surface area contributed by atoms with Crippen LogP contribution in [0.4, 0.5) is 0 Å². The molecular formula is C24H36N2O2. The number of rotatable bonds is 9. The van der Waals surface area contributed by atoms with Crippen LogP contribution in [0.3, 0.4) is 0 Å². The lowest BCUT2D eigenvalue weighted by atomic mass is 9.88. The van der Waals surface area contributed by atoms with Gasteiger partial charge in [0.25, 0.3) is 0 Å². The summed E-state index contributed by atoms with van der Waals surface area (Å²) < 4.78 is 0. The summed E-state index contributed by atoms with van der Waals surface area (Å²) >= 11 is 0. The van der Waals surface area contributed by atoms with Crippen LogP contribution in [0, 0.1) is 11.3 Å². The van der Waals surface area contributed by atoms with Crippen LogP contribution in [-0.4, -0.2) is 35.7 Å². The van der Waals surface area contributed by atoms with Gasteiger partial charge >= 0.3 is 5.97 Å². The van der Waals surface area contributed by atoms with Gasteiger partial charge in [-0.05, 0) is 63.9 Å². The molecule has 2 unspecified atom stereocenters. The summed E-state index contributed by atoms with van der Waals surface area (Å²) in [5.74, 6) is -0.0390. The lowest BCUT2D eigenvalue weighted by Crippen LogP contribution is -2.45. The third-order valence-electron chi connectivity index (χ3n) is 6.42. The second-order valence-electron chi connectivity index (χ2n) is 9.22. The molecule has 0 bridgehead atoms. The van der Waals surface area contributed by atoms with E-state index < -0.39 is 11.4 Å². The van der Waals surface area contributed by atoms with Gasteiger partial charge in [0, 0.05) is 24.7 Å². The molecule has 3 N–H and O–H groups in total. The molecule has 1 aromatic carbocycles. The fourth-order valence-corrected chi connectivity index (χ4v) is 4.27. The number of nitrogens with one attached hydrogen (secondary N) is 2. The van der Waals surface area contributed by atoms with E-state index in [2.05, 4.69) is 54.0 Å². The first kappa shape index (κ1) is 21.1. The number of carbonyl (C=O) groups is 1. The average Bonchev–Trinajstić information content (AvgIpc) is 3.45. The molecule has 0 aliphatic heterocycles. The minimum absolute atomic E-state index is 0.454. The predicted octanol–water partition coefficient (Wildman–Crippen LogP) is 4.47. The van der Waals surface area contributed by atoms with E-state index in [1.54, 1.807) is 19.4 Å². The highest BCUT2D eigenvalue weighted by atomic mass is 16.4. The Kier molecular flexibility index (Phi) is 6.95. The van der Waals surface area contributed by atoms with Gasteiger partial charge in [0.15, 0.2) is 0 Å². The van der Waals surface area contributed by atoms with Crippen LogP contribution < -0.4 is 10.6 Å². The molecule has 0 heterocycles. The topological polar surface area (TPSA) is 61.4 Å². The van der Waals surface area contributed by atoms with E-state index >= 15 is 0 Å². The molecule has 28 heavy (non-hydrogen) atoms. The summed E-state index contributed by atoms with van der Waals surface area (Å²) in [5.41, 5.74) is 2.17. The van der Waals surface area contributed by atoms with Crippen molar-refractivity contribution in [3.8, 4) is 0 Å². The second kappa shape index (κ2) is 9.23. The zero-order valence-corrected chi connectivity index (χ0v) is 17.6. The molecule has 4 heteroatoms. The van der Waals surface area contributed by atoms with E-state index in [1.165, 1.54) is 24.8 Å². The van der Waals surface area contributed by atoms with Crippen molar-refractivity contribution in [3.63, 3.8) is 0 Å². The standard InChI is InChI=1S/C24H36N2O2/c1-4-18(14-17-8-6-5-7-9-17)21-15-22(21)26-20-12-10-19(11-13-20)25-16-24(2,3)23(27)28/h5-9,14,19-22,25-26H,4,10-13,15-16H2,1-3H3,(H,27,28). The molecule has 2 atom stereocenters. The van der Waals surface area contributed by atoms with E-state index in [0.717, 1.165) is 19.3 Å². The third kappa shape index (κ3) is 5.68.